The maximum atomic E-state index is 6.08. The predicted molar refractivity (Wildman–Crippen MR) is 48.1 cm³/mol. The third-order valence-corrected chi connectivity index (χ3v) is 3.09. The Morgan fingerprint density at radius 3 is 2.45 bits per heavy atom. The highest BCUT2D eigenvalue weighted by Crippen LogP contribution is 2.33. The molecule has 0 N–H and O–H groups in total. The molecule has 0 radical (unpaired) electrons. The van der Waals surface area contributed by atoms with Gasteiger partial charge in [0.25, 0.3) is 0 Å². The molecule has 0 aromatic carbocycles. The second kappa shape index (κ2) is 3.77. The molecular weight excluding hydrogens is 160 g/mol. The fourth-order valence-electron chi connectivity index (χ4n) is 1.71. The maximum Gasteiger partial charge on any atom is 0.0691 e. The number of alkyl halides is 1. The molecule has 0 amide bonds. The summed E-state index contributed by atoms with van der Waals surface area (Å²) in [5.41, 5.74) is 0.102. The van der Waals surface area contributed by atoms with Gasteiger partial charge in [0.15, 0.2) is 0 Å². The van der Waals surface area contributed by atoms with Crippen LogP contribution in [0.2, 0.25) is 0 Å². The van der Waals surface area contributed by atoms with Crippen LogP contribution in [-0.2, 0) is 4.74 Å². The van der Waals surface area contributed by atoms with Crippen LogP contribution >= 0.6 is 11.6 Å². The predicted octanol–water partition coefficient (Wildman–Crippen LogP) is 2.96. The summed E-state index contributed by atoms with van der Waals surface area (Å²) in [5.74, 6) is 0. The molecule has 11 heavy (non-hydrogen) atoms. The number of ether oxygens (including phenoxy) is 1. The highest BCUT2D eigenvalue weighted by atomic mass is 35.5. The lowest BCUT2D eigenvalue weighted by Gasteiger charge is -2.37. The van der Waals surface area contributed by atoms with Gasteiger partial charge in [-0.15, -0.1) is 11.6 Å². The lowest BCUT2D eigenvalue weighted by atomic mass is 9.88. The van der Waals surface area contributed by atoms with Gasteiger partial charge in [0.05, 0.1) is 5.60 Å². The molecule has 0 spiro atoms. The molecule has 0 aliphatic carbocycles. The Labute approximate surface area is 74.1 Å². The number of hydrogen-bond acceptors (Lipinski definition) is 1. The maximum absolute atomic E-state index is 6.08. The molecule has 1 fully saturated rings. The molecule has 0 bridgehead atoms. The lowest BCUT2D eigenvalue weighted by molar-refractivity contribution is -0.0811. The molecule has 0 aromatic rings. The van der Waals surface area contributed by atoms with Gasteiger partial charge < -0.3 is 4.74 Å². The minimum absolute atomic E-state index is 0.102. The van der Waals surface area contributed by atoms with E-state index in [4.69, 9.17) is 16.3 Å². The highest BCUT2D eigenvalue weighted by Gasteiger charge is 2.33. The van der Waals surface area contributed by atoms with Crippen molar-refractivity contribution < 1.29 is 4.74 Å². The molecule has 1 atom stereocenters. The van der Waals surface area contributed by atoms with Crippen LogP contribution in [0.4, 0.5) is 0 Å². The van der Waals surface area contributed by atoms with Crippen LogP contribution in [0.5, 0.6) is 0 Å². The minimum Gasteiger partial charge on any atom is -0.375 e. The van der Waals surface area contributed by atoms with Crippen molar-refractivity contribution in [3.8, 4) is 0 Å². The number of halogens is 1. The Kier molecular flexibility index (Phi) is 3.20. The largest absolute Gasteiger partial charge is 0.375 e. The van der Waals surface area contributed by atoms with Crippen LogP contribution < -0.4 is 0 Å². The Hall–Kier alpha value is 0.250. The third kappa shape index (κ3) is 2.09. The zero-order valence-corrected chi connectivity index (χ0v) is 8.16. The van der Waals surface area contributed by atoms with Gasteiger partial charge in [0.1, 0.15) is 0 Å². The van der Waals surface area contributed by atoms with Gasteiger partial charge in [-0.1, -0.05) is 13.8 Å². The van der Waals surface area contributed by atoms with Crippen molar-refractivity contribution in [3.63, 3.8) is 0 Å². The van der Waals surface area contributed by atoms with E-state index in [1.165, 1.54) is 0 Å². The first-order valence-corrected chi connectivity index (χ1v) is 4.94. The zero-order chi connectivity index (χ0) is 8.32. The Morgan fingerprint density at radius 2 is 2.09 bits per heavy atom. The molecule has 1 unspecified atom stereocenters. The molecule has 1 rings (SSSR count). The van der Waals surface area contributed by atoms with Crippen molar-refractivity contribution in [3.05, 3.63) is 0 Å². The van der Waals surface area contributed by atoms with E-state index in [0.29, 0.717) is 5.38 Å². The van der Waals surface area contributed by atoms with E-state index in [9.17, 15) is 0 Å². The second-order valence-electron chi connectivity index (χ2n) is 3.33. The second-order valence-corrected chi connectivity index (χ2v) is 3.95. The first kappa shape index (κ1) is 9.34. The van der Waals surface area contributed by atoms with E-state index < -0.39 is 0 Å². The summed E-state index contributed by atoms with van der Waals surface area (Å²) in [5, 5.41) is 0.337. The molecule has 1 heterocycles. The van der Waals surface area contributed by atoms with Crippen LogP contribution in [0.1, 0.15) is 39.5 Å². The number of hydrogen-bond donors (Lipinski definition) is 0. The summed E-state index contributed by atoms with van der Waals surface area (Å²) in [6, 6.07) is 0. The van der Waals surface area contributed by atoms with Crippen molar-refractivity contribution in [2.45, 2.75) is 50.5 Å². The Balaban J connectivity index is 2.52. The van der Waals surface area contributed by atoms with Crippen LogP contribution in [0.25, 0.3) is 0 Å². The molecular formula is C9H17ClO. The molecule has 0 aromatic heterocycles. The summed E-state index contributed by atoms with van der Waals surface area (Å²) < 4.78 is 5.75. The smallest absolute Gasteiger partial charge is 0.0691 e. The van der Waals surface area contributed by atoms with Crippen molar-refractivity contribution in [1.29, 1.82) is 0 Å². The van der Waals surface area contributed by atoms with Crippen molar-refractivity contribution >= 4 is 11.6 Å². The van der Waals surface area contributed by atoms with Gasteiger partial charge >= 0.3 is 0 Å². The molecule has 0 saturated carbocycles. The number of rotatable bonds is 2. The van der Waals surface area contributed by atoms with E-state index >= 15 is 0 Å². The zero-order valence-electron chi connectivity index (χ0n) is 7.40. The van der Waals surface area contributed by atoms with Gasteiger partial charge in [-0.05, 0) is 25.7 Å². The van der Waals surface area contributed by atoms with Crippen LogP contribution in [0, 0.1) is 0 Å². The van der Waals surface area contributed by atoms with Gasteiger partial charge in [0.2, 0.25) is 0 Å². The van der Waals surface area contributed by atoms with Crippen molar-refractivity contribution in [2.75, 3.05) is 6.61 Å². The fraction of sp³-hybridized carbons (Fsp3) is 1.00. The van der Waals surface area contributed by atoms with Crippen LogP contribution in [0.15, 0.2) is 0 Å². The first-order chi connectivity index (χ1) is 5.22. The molecule has 1 nitrogen and oxygen atoms in total. The third-order valence-electron chi connectivity index (χ3n) is 2.72. The summed E-state index contributed by atoms with van der Waals surface area (Å²) in [7, 11) is 0. The molecule has 1 aliphatic rings. The van der Waals surface area contributed by atoms with E-state index in [2.05, 4.69) is 13.8 Å². The molecule has 2 heteroatoms. The van der Waals surface area contributed by atoms with E-state index in [-0.39, 0.29) is 5.60 Å². The highest BCUT2D eigenvalue weighted by molar-refractivity contribution is 6.20. The minimum atomic E-state index is 0.102. The van der Waals surface area contributed by atoms with E-state index in [1.54, 1.807) is 0 Å². The quantitative estimate of drug-likeness (QED) is 0.588. The summed E-state index contributed by atoms with van der Waals surface area (Å²) >= 11 is 6.08. The van der Waals surface area contributed by atoms with E-state index in [0.717, 1.165) is 32.3 Å². The van der Waals surface area contributed by atoms with Crippen LogP contribution in [-0.4, -0.2) is 17.6 Å². The summed E-state index contributed by atoms with van der Waals surface area (Å²) in [6.07, 6.45) is 4.23. The van der Waals surface area contributed by atoms with Gasteiger partial charge in [-0.3, -0.25) is 0 Å². The topological polar surface area (TPSA) is 9.23 Å². The van der Waals surface area contributed by atoms with Gasteiger partial charge in [-0.2, -0.15) is 0 Å². The fourth-order valence-corrected chi connectivity index (χ4v) is 2.08. The van der Waals surface area contributed by atoms with Crippen molar-refractivity contribution in [1.82, 2.24) is 0 Å². The van der Waals surface area contributed by atoms with Crippen molar-refractivity contribution in [2.24, 2.45) is 0 Å². The Morgan fingerprint density at radius 1 is 1.45 bits per heavy atom. The normalized spacial score (nSPS) is 30.3. The monoisotopic (exact) mass is 176 g/mol. The molecule has 1 aliphatic heterocycles. The first-order valence-electron chi connectivity index (χ1n) is 4.50. The average molecular weight is 177 g/mol. The van der Waals surface area contributed by atoms with E-state index in [1.807, 2.05) is 0 Å². The van der Waals surface area contributed by atoms with Gasteiger partial charge in [-0.25, -0.2) is 0 Å². The molecule has 1 saturated heterocycles. The summed E-state index contributed by atoms with van der Waals surface area (Å²) in [4.78, 5) is 0. The van der Waals surface area contributed by atoms with Crippen LogP contribution in [0.3, 0.4) is 0 Å². The molecule has 66 valence electrons. The standard InChI is InChI=1S/C9H17ClO/c1-3-9(4-2)7-8(10)5-6-11-9/h8H,3-7H2,1-2H3. The summed E-state index contributed by atoms with van der Waals surface area (Å²) in [6.45, 7) is 5.20. The SMILES string of the molecule is CCC1(CC)CC(Cl)CCO1. The average Bonchev–Trinajstić information content (AvgIpc) is 2.04. The Bertz CT molecular complexity index is 121. The lowest BCUT2D eigenvalue weighted by Crippen LogP contribution is -2.39. The van der Waals surface area contributed by atoms with Gasteiger partial charge in [0, 0.05) is 12.0 Å².